The van der Waals surface area contributed by atoms with Crippen molar-refractivity contribution in [3.63, 3.8) is 0 Å². The summed E-state index contributed by atoms with van der Waals surface area (Å²) in [4.78, 5) is 6.56. The molecule has 1 fully saturated rings. The van der Waals surface area contributed by atoms with Gasteiger partial charge in [0, 0.05) is 32.0 Å². The maximum atomic E-state index is 5.32. The van der Waals surface area contributed by atoms with Crippen LogP contribution in [0.1, 0.15) is 12.0 Å². The number of nitrogens with zero attached hydrogens (tertiary/aromatic N) is 2. The first-order valence-corrected chi connectivity index (χ1v) is 6.35. The zero-order chi connectivity index (χ0) is 11.8. The smallest absolute Gasteiger partial charge is 0.0594 e. The molecule has 1 N–H and O–H groups in total. The molecular formula is C13H21Cl3N3O-3. The lowest BCUT2D eigenvalue weighted by atomic mass is 10.3. The van der Waals surface area contributed by atoms with Crippen LogP contribution in [0.3, 0.4) is 0 Å². The monoisotopic (exact) mass is 340 g/mol. The number of halogens is 3. The minimum absolute atomic E-state index is 0. The van der Waals surface area contributed by atoms with Crippen molar-refractivity contribution in [3.8, 4) is 0 Å². The maximum Gasteiger partial charge on any atom is 0.0594 e. The van der Waals surface area contributed by atoms with Gasteiger partial charge < -0.3 is 47.3 Å². The summed E-state index contributed by atoms with van der Waals surface area (Å²) in [5.74, 6) is 0. The van der Waals surface area contributed by atoms with Crippen molar-refractivity contribution < 1.29 is 42.0 Å². The molecule has 20 heavy (non-hydrogen) atoms. The van der Waals surface area contributed by atoms with E-state index in [-0.39, 0.29) is 37.2 Å². The van der Waals surface area contributed by atoms with Crippen LogP contribution >= 0.6 is 0 Å². The van der Waals surface area contributed by atoms with Crippen LogP contribution in [0.25, 0.3) is 0 Å². The van der Waals surface area contributed by atoms with Crippen molar-refractivity contribution >= 4 is 0 Å². The number of aromatic nitrogens is 1. The lowest BCUT2D eigenvalue weighted by Crippen LogP contribution is -3.00. The van der Waals surface area contributed by atoms with Gasteiger partial charge in [-0.1, -0.05) is 6.07 Å². The summed E-state index contributed by atoms with van der Waals surface area (Å²) in [6.07, 6.45) is 4.91. The molecule has 2 heterocycles. The van der Waals surface area contributed by atoms with Gasteiger partial charge in [0.05, 0.1) is 13.2 Å². The van der Waals surface area contributed by atoms with Gasteiger partial charge in [0.15, 0.2) is 0 Å². The number of ether oxygens (including phenoxy) is 1. The van der Waals surface area contributed by atoms with Gasteiger partial charge >= 0.3 is 0 Å². The van der Waals surface area contributed by atoms with Crippen LogP contribution < -0.4 is 42.5 Å². The first-order valence-electron chi connectivity index (χ1n) is 6.35. The Morgan fingerprint density at radius 3 is 2.60 bits per heavy atom. The average Bonchev–Trinajstić information content (AvgIpc) is 2.41. The van der Waals surface area contributed by atoms with Gasteiger partial charge in [-0.2, -0.15) is 0 Å². The largest absolute Gasteiger partial charge is 1.00 e. The molecule has 1 aliphatic rings. The fraction of sp³-hybridized carbons (Fsp3) is 0.615. The zero-order valence-corrected chi connectivity index (χ0v) is 13.7. The highest BCUT2D eigenvalue weighted by Crippen LogP contribution is 1.98. The van der Waals surface area contributed by atoms with Gasteiger partial charge in [0.1, 0.15) is 0 Å². The highest BCUT2D eigenvalue weighted by Gasteiger charge is 2.08. The van der Waals surface area contributed by atoms with Gasteiger partial charge in [-0.15, -0.1) is 0 Å². The Hall–Kier alpha value is -0.100. The molecule has 0 unspecified atom stereocenters. The first kappa shape index (κ1) is 22.2. The van der Waals surface area contributed by atoms with Crippen molar-refractivity contribution in [2.75, 3.05) is 39.4 Å². The van der Waals surface area contributed by atoms with E-state index in [2.05, 4.69) is 21.3 Å². The van der Waals surface area contributed by atoms with Gasteiger partial charge in [0.2, 0.25) is 0 Å². The van der Waals surface area contributed by atoms with Gasteiger partial charge in [0.25, 0.3) is 0 Å². The number of rotatable bonds is 6. The summed E-state index contributed by atoms with van der Waals surface area (Å²) >= 11 is 0. The number of nitrogens with one attached hydrogen (secondary N) is 1. The molecular weight excluding hydrogens is 321 g/mol. The molecule has 1 aromatic rings. The first-order chi connectivity index (χ1) is 8.45. The molecule has 0 aliphatic carbocycles. The number of pyridine rings is 1. The molecule has 1 aromatic heterocycles. The fourth-order valence-electron chi connectivity index (χ4n) is 1.99. The SMILES string of the molecule is [Cl-].[Cl-].[Cl-].c1cncc(CNCCCN2CCOCC2)c1. The van der Waals surface area contributed by atoms with Crippen molar-refractivity contribution in [2.24, 2.45) is 0 Å². The third kappa shape index (κ3) is 8.95. The standard InChI is InChI=1S/C13H21N3O.3ClH/c1-3-13(11-14-4-1)12-15-5-2-6-16-7-9-17-10-8-16;;;/h1,3-4,11,15H,2,5-10,12H2;3*1H/p-3. The lowest BCUT2D eigenvalue weighted by molar-refractivity contribution is -0.00100. The van der Waals surface area contributed by atoms with Crippen LogP contribution in [0.5, 0.6) is 0 Å². The molecule has 1 saturated heterocycles. The minimum Gasteiger partial charge on any atom is -1.00 e. The minimum atomic E-state index is 0. The van der Waals surface area contributed by atoms with E-state index in [0.29, 0.717) is 0 Å². The number of hydrogen-bond acceptors (Lipinski definition) is 4. The Bertz CT molecular complexity index is 311. The van der Waals surface area contributed by atoms with Crippen molar-refractivity contribution in [1.82, 2.24) is 15.2 Å². The van der Waals surface area contributed by atoms with Crippen LogP contribution in [-0.2, 0) is 11.3 Å². The summed E-state index contributed by atoms with van der Waals surface area (Å²) in [5, 5.41) is 3.44. The lowest BCUT2D eigenvalue weighted by Gasteiger charge is -2.26. The van der Waals surface area contributed by atoms with Crippen LogP contribution in [-0.4, -0.2) is 49.3 Å². The summed E-state index contributed by atoms with van der Waals surface area (Å²) in [6.45, 7) is 7.10. The maximum absolute atomic E-state index is 5.32. The molecule has 2 rings (SSSR count). The van der Waals surface area contributed by atoms with E-state index < -0.39 is 0 Å². The van der Waals surface area contributed by atoms with E-state index in [1.807, 2.05) is 18.5 Å². The van der Waals surface area contributed by atoms with Gasteiger partial charge in [-0.05, 0) is 31.1 Å². The van der Waals surface area contributed by atoms with E-state index in [4.69, 9.17) is 4.74 Å². The van der Waals surface area contributed by atoms with E-state index in [1.54, 1.807) is 0 Å². The Balaban J connectivity index is 0. The second kappa shape index (κ2) is 13.9. The normalized spacial score (nSPS) is 14.6. The summed E-state index contributed by atoms with van der Waals surface area (Å²) in [6, 6.07) is 4.08. The average molecular weight is 342 g/mol. The van der Waals surface area contributed by atoms with E-state index in [1.165, 1.54) is 18.5 Å². The molecule has 0 radical (unpaired) electrons. The van der Waals surface area contributed by atoms with Gasteiger partial charge in [-0.25, -0.2) is 0 Å². The molecule has 0 spiro atoms. The van der Waals surface area contributed by atoms with Crippen molar-refractivity contribution in [1.29, 1.82) is 0 Å². The zero-order valence-electron chi connectivity index (χ0n) is 11.4. The highest BCUT2D eigenvalue weighted by atomic mass is 35.5. The highest BCUT2D eigenvalue weighted by molar-refractivity contribution is 5.07. The topological polar surface area (TPSA) is 37.4 Å². The van der Waals surface area contributed by atoms with E-state index in [0.717, 1.165) is 39.4 Å². The Kier molecular flexibility index (Phi) is 15.4. The molecule has 118 valence electrons. The van der Waals surface area contributed by atoms with Crippen LogP contribution in [0.4, 0.5) is 0 Å². The molecule has 1 aliphatic heterocycles. The second-order valence-electron chi connectivity index (χ2n) is 4.35. The molecule has 0 bridgehead atoms. The van der Waals surface area contributed by atoms with Crippen LogP contribution in [0.15, 0.2) is 24.5 Å². The molecule has 0 aromatic carbocycles. The molecule has 0 amide bonds. The third-order valence-electron chi connectivity index (χ3n) is 2.98. The fourth-order valence-corrected chi connectivity index (χ4v) is 1.99. The van der Waals surface area contributed by atoms with Crippen molar-refractivity contribution in [3.05, 3.63) is 30.1 Å². The summed E-state index contributed by atoms with van der Waals surface area (Å²) < 4.78 is 5.32. The number of morpholine rings is 1. The summed E-state index contributed by atoms with van der Waals surface area (Å²) in [5.41, 5.74) is 1.25. The summed E-state index contributed by atoms with van der Waals surface area (Å²) in [7, 11) is 0. The molecule has 7 heteroatoms. The molecule has 4 nitrogen and oxygen atoms in total. The third-order valence-corrected chi connectivity index (χ3v) is 2.98. The Morgan fingerprint density at radius 2 is 1.95 bits per heavy atom. The van der Waals surface area contributed by atoms with Crippen LogP contribution in [0.2, 0.25) is 0 Å². The quantitative estimate of drug-likeness (QED) is 0.522. The Morgan fingerprint density at radius 1 is 1.20 bits per heavy atom. The predicted molar refractivity (Wildman–Crippen MR) is 67.8 cm³/mol. The predicted octanol–water partition coefficient (Wildman–Crippen LogP) is -8.09. The second-order valence-corrected chi connectivity index (χ2v) is 4.35. The molecule has 0 atom stereocenters. The number of hydrogen-bond donors (Lipinski definition) is 1. The molecule has 0 saturated carbocycles. The Labute approximate surface area is 139 Å². The van der Waals surface area contributed by atoms with Gasteiger partial charge in [-0.3, -0.25) is 9.88 Å². The van der Waals surface area contributed by atoms with E-state index in [9.17, 15) is 0 Å². The van der Waals surface area contributed by atoms with Crippen LogP contribution in [0, 0.1) is 0 Å². The van der Waals surface area contributed by atoms with E-state index >= 15 is 0 Å². The van der Waals surface area contributed by atoms with Crippen molar-refractivity contribution in [2.45, 2.75) is 13.0 Å².